The Bertz CT molecular complexity index is 792. The average molecular weight is 350 g/mol. The van der Waals surface area contributed by atoms with Gasteiger partial charge in [0.2, 0.25) is 15.9 Å². The summed E-state index contributed by atoms with van der Waals surface area (Å²) in [7, 11) is -3.73. The molecule has 5 nitrogen and oxygen atoms in total. The van der Waals surface area contributed by atoms with Gasteiger partial charge >= 0.3 is 0 Å². The van der Waals surface area contributed by atoms with Gasteiger partial charge in [0.05, 0.1) is 11.9 Å². The van der Waals surface area contributed by atoms with Gasteiger partial charge in [-0.05, 0) is 42.8 Å². The van der Waals surface area contributed by atoms with Crippen molar-refractivity contribution in [2.24, 2.45) is 0 Å². The van der Waals surface area contributed by atoms with E-state index in [0.717, 1.165) is 22.7 Å². The van der Waals surface area contributed by atoms with Crippen molar-refractivity contribution in [2.45, 2.75) is 19.4 Å². The van der Waals surface area contributed by atoms with E-state index >= 15 is 0 Å². The normalized spacial score (nSPS) is 12.5. The third-order valence-corrected chi connectivity index (χ3v) is 4.63. The van der Waals surface area contributed by atoms with Gasteiger partial charge in [-0.15, -0.1) is 0 Å². The maximum Gasteiger partial charge on any atom is 0.248 e. The minimum atomic E-state index is -3.73. The van der Waals surface area contributed by atoms with E-state index in [0.29, 0.717) is 5.69 Å². The number of hydrogen-bond donors (Lipinski definition) is 1. The summed E-state index contributed by atoms with van der Waals surface area (Å²) in [6, 6.07) is 12.9. The number of sulfonamides is 1. The van der Waals surface area contributed by atoms with E-state index < -0.39 is 27.8 Å². The van der Waals surface area contributed by atoms with Gasteiger partial charge in [0.1, 0.15) is 11.9 Å². The molecule has 0 spiro atoms. The maximum atomic E-state index is 13.1. The van der Waals surface area contributed by atoms with Gasteiger partial charge in [0, 0.05) is 5.69 Å². The van der Waals surface area contributed by atoms with Gasteiger partial charge in [-0.25, -0.2) is 12.8 Å². The monoisotopic (exact) mass is 350 g/mol. The van der Waals surface area contributed by atoms with E-state index in [1.54, 1.807) is 31.2 Å². The molecule has 128 valence electrons. The Balaban J connectivity index is 2.35. The van der Waals surface area contributed by atoms with Gasteiger partial charge in [0.15, 0.2) is 0 Å². The van der Waals surface area contributed by atoms with Gasteiger partial charge in [-0.2, -0.15) is 0 Å². The maximum absolute atomic E-state index is 13.1. The Morgan fingerprint density at radius 2 is 1.71 bits per heavy atom. The van der Waals surface area contributed by atoms with Crippen LogP contribution in [0.1, 0.15) is 13.3 Å². The molecule has 0 saturated heterocycles. The van der Waals surface area contributed by atoms with E-state index in [9.17, 15) is 17.6 Å². The number of carbonyl (C=O) groups excluding carboxylic acids is 1. The van der Waals surface area contributed by atoms with Gasteiger partial charge in [0.25, 0.3) is 0 Å². The molecule has 7 heteroatoms. The molecule has 0 radical (unpaired) electrons. The molecule has 0 unspecified atom stereocenters. The van der Waals surface area contributed by atoms with Crippen LogP contribution in [0.4, 0.5) is 15.8 Å². The van der Waals surface area contributed by atoms with Crippen molar-refractivity contribution in [1.29, 1.82) is 0 Å². The second-order valence-electron chi connectivity index (χ2n) is 5.31. The second-order valence-corrected chi connectivity index (χ2v) is 7.17. The Kier molecular flexibility index (Phi) is 5.56. The van der Waals surface area contributed by atoms with Crippen LogP contribution in [0.25, 0.3) is 0 Å². The standard InChI is InChI=1S/C17H19FN2O3S/c1-3-16(17(21)19-14-7-5-4-6-8-14)20(24(2,22)23)15-11-9-13(18)10-12-15/h4-12,16H,3H2,1-2H3,(H,19,21)/t16-/m0/s1. The molecule has 0 saturated carbocycles. The summed E-state index contributed by atoms with van der Waals surface area (Å²) in [5.41, 5.74) is 0.822. The number of nitrogens with zero attached hydrogens (tertiary/aromatic N) is 1. The van der Waals surface area contributed by atoms with E-state index in [-0.39, 0.29) is 12.1 Å². The molecule has 24 heavy (non-hydrogen) atoms. The van der Waals surface area contributed by atoms with Crippen LogP contribution in [-0.2, 0) is 14.8 Å². The summed E-state index contributed by atoms with van der Waals surface area (Å²) in [5, 5.41) is 2.71. The number of rotatable bonds is 6. The summed E-state index contributed by atoms with van der Waals surface area (Å²) in [6.07, 6.45) is 1.29. The number of nitrogens with one attached hydrogen (secondary N) is 1. The van der Waals surface area contributed by atoms with Crippen LogP contribution in [0, 0.1) is 5.82 Å². The number of hydrogen-bond acceptors (Lipinski definition) is 3. The third kappa shape index (κ3) is 4.32. The molecule has 0 aliphatic carbocycles. The first kappa shape index (κ1) is 17.9. The number of anilines is 2. The van der Waals surface area contributed by atoms with Crippen LogP contribution < -0.4 is 9.62 Å². The van der Waals surface area contributed by atoms with Crippen molar-refractivity contribution >= 4 is 27.3 Å². The zero-order chi connectivity index (χ0) is 17.7. The second kappa shape index (κ2) is 7.44. The lowest BCUT2D eigenvalue weighted by Gasteiger charge is -2.30. The minimum Gasteiger partial charge on any atom is -0.324 e. The van der Waals surface area contributed by atoms with Crippen molar-refractivity contribution < 1.29 is 17.6 Å². The van der Waals surface area contributed by atoms with E-state index in [1.807, 2.05) is 6.07 Å². The summed E-state index contributed by atoms with van der Waals surface area (Å²) < 4.78 is 38.6. The average Bonchev–Trinajstić information content (AvgIpc) is 2.53. The number of carbonyl (C=O) groups is 1. The molecule has 0 bridgehead atoms. The number of halogens is 1. The Hall–Kier alpha value is -2.41. The molecule has 1 atom stereocenters. The highest BCUT2D eigenvalue weighted by Crippen LogP contribution is 2.23. The first-order valence-electron chi connectivity index (χ1n) is 7.44. The largest absolute Gasteiger partial charge is 0.324 e. The highest BCUT2D eigenvalue weighted by molar-refractivity contribution is 7.92. The summed E-state index contributed by atoms with van der Waals surface area (Å²) >= 11 is 0. The molecule has 1 amide bonds. The van der Waals surface area contributed by atoms with Gasteiger partial charge in [-0.1, -0.05) is 25.1 Å². The number of para-hydroxylation sites is 1. The van der Waals surface area contributed by atoms with Gasteiger partial charge < -0.3 is 5.32 Å². The molecular weight excluding hydrogens is 331 g/mol. The Morgan fingerprint density at radius 3 is 2.21 bits per heavy atom. The lowest BCUT2D eigenvalue weighted by molar-refractivity contribution is -0.117. The fourth-order valence-electron chi connectivity index (χ4n) is 2.40. The molecule has 1 N–H and O–H groups in total. The van der Waals surface area contributed by atoms with Crippen LogP contribution >= 0.6 is 0 Å². The van der Waals surface area contributed by atoms with Crippen molar-refractivity contribution in [3.05, 3.63) is 60.4 Å². The Labute approximate surface area is 141 Å². The molecule has 0 aromatic heterocycles. The summed E-state index contributed by atoms with van der Waals surface area (Å²) in [4.78, 5) is 12.6. The van der Waals surface area contributed by atoms with E-state index in [2.05, 4.69) is 5.32 Å². The Morgan fingerprint density at radius 1 is 1.12 bits per heavy atom. The summed E-state index contributed by atoms with van der Waals surface area (Å²) in [5.74, 6) is -0.924. The molecule has 0 heterocycles. The lowest BCUT2D eigenvalue weighted by atomic mass is 10.2. The highest BCUT2D eigenvalue weighted by Gasteiger charge is 2.31. The fraction of sp³-hybridized carbons (Fsp3) is 0.235. The van der Waals surface area contributed by atoms with Crippen molar-refractivity contribution in [1.82, 2.24) is 0 Å². The number of benzene rings is 2. The molecule has 2 aromatic carbocycles. The molecule has 0 fully saturated rings. The van der Waals surface area contributed by atoms with Crippen LogP contribution in [0.15, 0.2) is 54.6 Å². The van der Waals surface area contributed by atoms with Crippen molar-refractivity contribution in [2.75, 3.05) is 15.9 Å². The predicted octanol–water partition coefficient (Wildman–Crippen LogP) is 3.01. The zero-order valence-corrected chi connectivity index (χ0v) is 14.3. The highest BCUT2D eigenvalue weighted by atomic mass is 32.2. The van der Waals surface area contributed by atoms with Gasteiger partial charge in [-0.3, -0.25) is 9.10 Å². The topological polar surface area (TPSA) is 66.5 Å². The molecular formula is C17H19FN2O3S. The molecule has 0 aliphatic rings. The lowest BCUT2D eigenvalue weighted by Crippen LogP contribution is -2.47. The SMILES string of the molecule is CC[C@@H](C(=O)Nc1ccccc1)N(c1ccc(F)cc1)S(C)(=O)=O. The predicted molar refractivity (Wildman–Crippen MR) is 92.9 cm³/mol. The quantitative estimate of drug-likeness (QED) is 0.871. The van der Waals surface area contributed by atoms with Crippen LogP contribution in [0.5, 0.6) is 0 Å². The minimum absolute atomic E-state index is 0.244. The molecule has 2 rings (SSSR count). The van der Waals surface area contributed by atoms with E-state index in [4.69, 9.17) is 0 Å². The van der Waals surface area contributed by atoms with Crippen molar-refractivity contribution in [3.8, 4) is 0 Å². The first-order chi connectivity index (χ1) is 11.3. The zero-order valence-electron chi connectivity index (χ0n) is 13.4. The smallest absolute Gasteiger partial charge is 0.248 e. The third-order valence-electron chi connectivity index (χ3n) is 3.45. The molecule has 2 aromatic rings. The van der Waals surface area contributed by atoms with Crippen LogP contribution in [0.2, 0.25) is 0 Å². The molecule has 0 aliphatic heterocycles. The summed E-state index contributed by atoms with van der Waals surface area (Å²) in [6.45, 7) is 1.72. The van der Waals surface area contributed by atoms with E-state index in [1.165, 1.54) is 12.1 Å². The number of amides is 1. The fourth-order valence-corrected chi connectivity index (χ4v) is 3.61. The van der Waals surface area contributed by atoms with Crippen LogP contribution in [0.3, 0.4) is 0 Å². The van der Waals surface area contributed by atoms with Crippen LogP contribution in [-0.4, -0.2) is 26.6 Å². The van der Waals surface area contributed by atoms with Crippen molar-refractivity contribution in [3.63, 3.8) is 0 Å². The first-order valence-corrected chi connectivity index (χ1v) is 9.28.